The molecule has 0 aromatic rings. The molecule has 2 nitrogen and oxygen atoms in total. The zero-order valence-corrected chi connectivity index (χ0v) is 5.84. The zero-order valence-electron chi connectivity index (χ0n) is 5.84. The molecule has 1 aliphatic carbocycles. The summed E-state index contributed by atoms with van der Waals surface area (Å²) in [7, 11) is 0. The normalized spacial score (nSPS) is 37.4. The summed E-state index contributed by atoms with van der Waals surface area (Å²) in [4.78, 5) is 10.9. The Morgan fingerprint density at radius 3 is 3.30 bits per heavy atom. The fourth-order valence-corrected chi connectivity index (χ4v) is 1.77. The molecule has 2 heteroatoms. The van der Waals surface area contributed by atoms with Crippen LogP contribution in [0.25, 0.3) is 0 Å². The molecular formula is C8H11NO. The molecule has 1 N–H and O–H groups in total. The van der Waals surface area contributed by atoms with E-state index in [2.05, 4.69) is 17.5 Å². The van der Waals surface area contributed by atoms with Gasteiger partial charge in [0, 0.05) is 6.42 Å². The van der Waals surface area contributed by atoms with E-state index in [-0.39, 0.29) is 5.91 Å². The van der Waals surface area contributed by atoms with Crippen LogP contribution in [-0.4, -0.2) is 11.9 Å². The molecule has 1 saturated heterocycles. The van der Waals surface area contributed by atoms with E-state index in [9.17, 15) is 4.79 Å². The number of hydrogen-bond acceptors (Lipinski definition) is 1. The van der Waals surface area contributed by atoms with Crippen molar-refractivity contribution in [3.05, 3.63) is 12.2 Å². The smallest absolute Gasteiger partial charge is 0.220 e. The third kappa shape index (κ3) is 0.838. The van der Waals surface area contributed by atoms with Gasteiger partial charge in [-0.25, -0.2) is 0 Å². The van der Waals surface area contributed by atoms with Crippen LogP contribution in [0.15, 0.2) is 12.2 Å². The van der Waals surface area contributed by atoms with Crippen LogP contribution < -0.4 is 5.32 Å². The number of rotatable bonds is 0. The van der Waals surface area contributed by atoms with Gasteiger partial charge < -0.3 is 5.32 Å². The van der Waals surface area contributed by atoms with Gasteiger partial charge >= 0.3 is 0 Å². The largest absolute Gasteiger partial charge is 0.350 e. The summed E-state index contributed by atoms with van der Waals surface area (Å²) >= 11 is 0. The van der Waals surface area contributed by atoms with Gasteiger partial charge in [-0.15, -0.1) is 0 Å². The third-order valence-electron chi connectivity index (χ3n) is 2.33. The van der Waals surface area contributed by atoms with Crippen LogP contribution >= 0.6 is 0 Å². The fourth-order valence-electron chi connectivity index (χ4n) is 1.77. The lowest BCUT2D eigenvalue weighted by molar-refractivity contribution is -0.119. The number of hydrogen-bond donors (Lipinski definition) is 1. The van der Waals surface area contributed by atoms with E-state index in [4.69, 9.17) is 0 Å². The molecule has 0 saturated carbocycles. The summed E-state index contributed by atoms with van der Waals surface area (Å²) in [6.07, 6.45) is 7.36. The minimum Gasteiger partial charge on any atom is -0.350 e. The van der Waals surface area contributed by atoms with Gasteiger partial charge in [0.15, 0.2) is 0 Å². The van der Waals surface area contributed by atoms with Gasteiger partial charge in [0.1, 0.15) is 0 Å². The highest BCUT2D eigenvalue weighted by Gasteiger charge is 2.31. The molecule has 54 valence electrons. The van der Waals surface area contributed by atoms with Crippen LogP contribution in [0.1, 0.15) is 19.3 Å². The second-order valence-corrected chi connectivity index (χ2v) is 3.06. The molecule has 0 unspecified atom stereocenters. The fraction of sp³-hybridized carbons (Fsp3) is 0.625. The summed E-state index contributed by atoms with van der Waals surface area (Å²) < 4.78 is 0. The number of amides is 1. The first-order valence-corrected chi connectivity index (χ1v) is 3.82. The van der Waals surface area contributed by atoms with Gasteiger partial charge in [-0.05, 0) is 18.8 Å². The number of carbonyl (C=O) groups excluding carboxylic acids is 1. The van der Waals surface area contributed by atoms with E-state index < -0.39 is 0 Å². The maximum atomic E-state index is 10.9. The lowest BCUT2D eigenvalue weighted by Crippen LogP contribution is -2.28. The molecule has 1 heterocycles. The van der Waals surface area contributed by atoms with Crippen molar-refractivity contribution in [2.45, 2.75) is 25.3 Å². The first kappa shape index (κ1) is 5.96. The van der Waals surface area contributed by atoms with Crippen molar-refractivity contribution in [3.8, 4) is 0 Å². The Morgan fingerprint density at radius 2 is 2.50 bits per heavy atom. The van der Waals surface area contributed by atoms with Gasteiger partial charge in [-0.3, -0.25) is 4.79 Å². The second-order valence-electron chi connectivity index (χ2n) is 3.06. The first-order valence-electron chi connectivity index (χ1n) is 3.82. The van der Waals surface area contributed by atoms with E-state index in [1.54, 1.807) is 0 Å². The van der Waals surface area contributed by atoms with Crippen molar-refractivity contribution in [1.29, 1.82) is 0 Å². The van der Waals surface area contributed by atoms with Gasteiger partial charge in [-0.1, -0.05) is 12.2 Å². The molecule has 1 amide bonds. The molecule has 0 aromatic carbocycles. The quantitative estimate of drug-likeness (QED) is 0.492. The second kappa shape index (κ2) is 2.11. The van der Waals surface area contributed by atoms with Gasteiger partial charge in [0.2, 0.25) is 5.91 Å². The van der Waals surface area contributed by atoms with Crippen LogP contribution in [0.4, 0.5) is 0 Å². The average molecular weight is 137 g/mol. The van der Waals surface area contributed by atoms with E-state index in [0.29, 0.717) is 12.0 Å². The Labute approximate surface area is 60.3 Å². The number of fused-ring (bicyclic) bond motifs is 1. The first-order chi connectivity index (χ1) is 4.86. The highest BCUT2D eigenvalue weighted by molar-refractivity contribution is 5.79. The van der Waals surface area contributed by atoms with Crippen LogP contribution in [0.5, 0.6) is 0 Å². The Hall–Kier alpha value is -0.790. The minimum absolute atomic E-state index is 0.224. The number of carbonyl (C=O) groups is 1. The van der Waals surface area contributed by atoms with Crippen molar-refractivity contribution >= 4 is 5.91 Å². The molecule has 2 atom stereocenters. The lowest BCUT2D eigenvalue weighted by Gasteiger charge is -2.17. The maximum absolute atomic E-state index is 10.9. The molecular weight excluding hydrogens is 126 g/mol. The maximum Gasteiger partial charge on any atom is 0.220 e. The van der Waals surface area contributed by atoms with Crippen LogP contribution in [-0.2, 0) is 4.79 Å². The molecule has 2 rings (SSSR count). The Bertz CT molecular complexity index is 186. The minimum atomic E-state index is 0.224. The van der Waals surface area contributed by atoms with E-state index >= 15 is 0 Å². The van der Waals surface area contributed by atoms with Gasteiger partial charge in [-0.2, -0.15) is 0 Å². The SMILES string of the molecule is O=C1C[C@@H]2CCC=C[C@@H]2N1. The number of nitrogens with one attached hydrogen (secondary N) is 1. The van der Waals surface area contributed by atoms with Gasteiger partial charge in [0.05, 0.1) is 6.04 Å². The zero-order chi connectivity index (χ0) is 6.97. The summed E-state index contributed by atoms with van der Waals surface area (Å²) in [6, 6.07) is 0.362. The lowest BCUT2D eigenvalue weighted by atomic mass is 9.91. The number of allylic oxidation sites excluding steroid dienone is 1. The summed E-state index contributed by atoms with van der Waals surface area (Å²) in [5.74, 6) is 0.819. The molecule has 0 aromatic heterocycles. The summed E-state index contributed by atoms with van der Waals surface area (Å²) in [5.41, 5.74) is 0. The average Bonchev–Trinajstić information content (AvgIpc) is 2.27. The van der Waals surface area contributed by atoms with Crippen molar-refractivity contribution in [1.82, 2.24) is 5.32 Å². The van der Waals surface area contributed by atoms with E-state index in [0.717, 1.165) is 12.8 Å². The van der Waals surface area contributed by atoms with Crippen LogP contribution in [0.3, 0.4) is 0 Å². The molecule has 0 spiro atoms. The van der Waals surface area contributed by atoms with Crippen molar-refractivity contribution in [3.63, 3.8) is 0 Å². The Balaban J connectivity index is 2.15. The topological polar surface area (TPSA) is 29.1 Å². The molecule has 0 bridgehead atoms. The molecule has 1 aliphatic heterocycles. The molecule has 10 heavy (non-hydrogen) atoms. The van der Waals surface area contributed by atoms with Crippen molar-refractivity contribution in [2.24, 2.45) is 5.92 Å². The third-order valence-corrected chi connectivity index (χ3v) is 2.33. The van der Waals surface area contributed by atoms with Crippen LogP contribution in [0.2, 0.25) is 0 Å². The van der Waals surface area contributed by atoms with E-state index in [1.807, 2.05) is 0 Å². The molecule has 0 radical (unpaired) electrons. The Kier molecular flexibility index (Phi) is 1.26. The summed E-state index contributed by atoms with van der Waals surface area (Å²) in [6.45, 7) is 0. The predicted octanol–water partition coefficient (Wildman–Crippen LogP) is 0.841. The molecule has 1 fully saturated rings. The molecule has 2 aliphatic rings. The predicted molar refractivity (Wildman–Crippen MR) is 38.4 cm³/mol. The van der Waals surface area contributed by atoms with Crippen molar-refractivity contribution < 1.29 is 4.79 Å². The van der Waals surface area contributed by atoms with Gasteiger partial charge in [0.25, 0.3) is 0 Å². The monoisotopic (exact) mass is 137 g/mol. The highest BCUT2D eigenvalue weighted by atomic mass is 16.1. The summed E-state index contributed by atoms with van der Waals surface area (Å²) in [5, 5.41) is 2.93. The van der Waals surface area contributed by atoms with E-state index in [1.165, 1.54) is 6.42 Å². The Morgan fingerprint density at radius 1 is 1.60 bits per heavy atom. The van der Waals surface area contributed by atoms with Crippen LogP contribution in [0, 0.1) is 5.92 Å². The van der Waals surface area contributed by atoms with Crippen molar-refractivity contribution in [2.75, 3.05) is 0 Å². The highest BCUT2D eigenvalue weighted by Crippen LogP contribution is 2.26. The standard InChI is InChI=1S/C8H11NO/c10-8-5-6-3-1-2-4-7(6)9-8/h2,4,6-7H,1,3,5H2,(H,9,10)/t6-,7-/m0/s1.